The maximum Gasteiger partial charge on any atom is 0.319 e. The Morgan fingerprint density at radius 3 is 2.65 bits per heavy atom. The van der Waals surface area contributed by atoms with E-state index in [1.54, 1.807) is 6.07 Å². The number of hydrogen-bond acceptors (Lipinski definition) is 4. The third-order valence-electron chi connectivity index (χ3n) is 4.35. The maximum atomic E-state index is 12.1. The Hall–Kier alpha value is -2.34. The highest BCUT2D eigenvalue weighted by atomic mass is 35.5. The lowest BCUT2D eigenvalue weighted by Gasteiger charge is -2.28. The van der Waals surface area contributed by atoms with Crippen molar-refractivity contribution in [3.05, 3.63) is 46.4 Å². The van der Waals surface area contributed by atoms with Gasteiger partial charge in [-0.1, -0.05) is 17.7 Å². The van der Waals surface area contributed by atoms with Gasteiger partial charge in [-0.15, -0.1) is 0 Å². The van der Waals surface area contributed by atoms with E-state index in [0.717, 1.165) is 30.2 Å². The largest absolute Gasteiger partial charge is 0.357 e. The predicted molar refractivity (Wildman–Crippen MR) is 105 cm³/mol. The number of hydrogen-bond donors (Lipinski definition) is 2. The van der Waals surface area contributed by atoms with E-state index in [9.17, 15) is 4.79 Å². The molecular formula is C19H24ClN5O. The summed E-state index contributed by atoms with van der Waals surface area (Å²) in [4.78, 5) is 23.5. The summed E-state index contributed by atoms with van der Waals surface area (Å²) in [5, 5.41) is 6.06. The molecule has 0 unspecified atom stereocenters. The first kappa shape index (κ1) is 18.5. The molecule has 1 aromatic carbocycles. The Kier molecular flexibility index (Phi) is 5.93. The van der Waals surface area contributed by atoms with E-state index >= 15 is 0 Å². The zero-order valence-corrected chi connectivity index (χ0v) is 15.9. The van der Waals surface area contributed by atoms with E-state index in [1.807, 2.05) is 32.0 Å². The number of nitrogens with one attached hydrogen (secondary N) is 2. The zero-order chi connectivity index (χ0) is 18.5. The van der Waals surface area contributed by atoms with Crippen LogP contribution in [-0.4, -0.2) is 29.1 Å². The zero-order valence-electron chi connectivity index (χ0n) is 15.2. The molecule has 1 aliphatic heterocycles. The average molecular weight is 374 g/mol. The summed E-state index contributed by atoms with van der Waals surface area (Å²) < 4.78 is 0. The fraction of sp³-hybridized carbons (Fsp3) is 0.421. The second-order valence-corrected chi connectivity index (χ2v) is 7.03. The Morgan fingerprint density at radius 1 is 1.15 bits per heavy atom. The number of benzene rings is 1. The molecule has 0 atom stereocenters. The summed E-state index contributed by atoms with van der Waals surface area (Å²) in [7, 11) is 0. The van der Waals surface area contributed by atoms with E-state index in [1.165, 1.54) is 19.3 Å². The lowest BCUT2D eigenvalue weighted by atomic mass is 10.1. The van der Waals surface area contributed by atoms with Crippen molar-refractivity contribution in [3.8, 4) is 0 Å². The summed E-state index contributed by atoms with van der Waals surface area (Å²) in [5.41, 5.74) is 2.52. The number of carbonyl (C=O) groups excluding carboxylic acids is 1. The van der Waals surface area contributed by atoms with Crippen LogP contribution in [0.25, 0.3) is 0 Å². The van der Waals surface area contributed by atoms with Gasteiger partial charge in [-0.2, -0.15) is 0 Å². The van der Waals surface area contributed by atoms with Crippen LogP contribution in [0.4, 0.5) is 16.3 Å². The molecule has 2 heterocycles. The fourth-order valence-electron chi connectivity index (χ4n) is 3.02. The number of halogens is 1. The van der Waals surface area contributed by atoms with Crippen LogP contribution in [0.15, 0.2) is 24.3 Å². The van der Waals surface area contributed by atoms with E-state index in [4.69, 9.17) is 11.6 Å². The normalized spacial score (nSPS) is 14.2. The molecule has 1 aliphatic rings. The number of urea groups is 1. The number of aromatic nitrogens is 2. The van der Waals surface area contributed by atoms with E-state index < -0.39 is 0 Å². The number of anilines is 2. The molecule has 1 saturated heterocycles. The van der Waals surface area contributed by atoms with Gasteiger partial charge in [-0.05, 0) is 50.8 Å². The Bertz CT molecular complexity index is 789. The smallest absolute Gasteiger partial charge is 0.319 e. The third kappa shape index (κ3) is 4.85. The van der Waals surface area contributed by atoms with Crippen LogP contribution in [0.2, 0.25) is 5.02 Å². The van der Waals surface area contributed by atoms with Crippen LogP contribution in [-0.2, 0) is 6.54 Å². The molecular weight excluding hydrogens is 350 g/mol. The van der Waals surface area contributed by atoms with Crippen molar-refractivity contribution >= 4 is 29.1 Å². The third-order valence-corrected chi connectivity index (χ3v) is 4.66. The maximum absolute atomic E-state index is 12.1. The molecule has 26 heavy (non-hydrogen) atoms. The molecule has 2 amide bonds. The number of piperidine rings is 1. The Labute approximate surface area is 159 Å². The van der Waals surface area contributed by atoms with Gasteiger partial charge < -0.3 is 15.5 Å². The molecule has 7 heteroatoms. The number of carbonyl (C=O) groups is 1. The van der Waals surface area contributed by atoms with Crippen LogP contribution in [0, 0.1) is 13.8 Å². The summed E-state index contributed by atoms with van der Waals surface area (Å²) in [6.07, 6.45) is 3.66. The van der Waals surface area contributed by atoms with Gasteiger partial charge in [0.25, 0.3) is 0 Å². The second-order valence-electron chi connectivity index (χ2n) is 6.62. The molecule has 3 rings (SSSR count). The fourth-order valence-corrected chi connectivity index (χ4v) is 3.31. The van der Waals surface area contributed by atoms with Crippen molar-refractivity contribution < 1.29 is 4.79 Å². The van der Waals surface area contributed by atoms with Crippen molar-refractivity contribution in [1.29, 1.82) is 0 Å². The van der Waals surface area contributed by atoms with Gasteiger partial charge in [-0.3, -0.25) is 0 Å². The van der Waals surface area contributed by atoms with Crippen molar-refractivity contribution in [2.75, 3.05) is 23.3 Å². The van der Waals surface area contributed by atoms with Crippen LogP contribution in [0.5, 0.6) is 0 Å². The molecule has 6 nitrogen and oxygen atoms in total. The van der Waals surface area contributed by atoms with Gasteiger partial charge in [-0.25, -0.2) is 14.8 Å². The van der Waals surface area contributed by atoms with Gasteiger partial charge in [0, 0.05) is 24.8 Å². The molecule has 0 spiro atoms. The number of nitrogens with zero attached hydrogens (tertiary/aromatic N) is 3. The van der Waals surface area contributed by atoms with Crippen LogP contribution >= 0.6 is 11.6 Å². The standard InChI is InChI=1S/C19H24ClN5O/c1-13-6-7-16(15(20)10-13)23-19(26)21-12-17-22-14(2)11-18(24-17)25-8-4-3-5-9-25/h6-7,10-11H,3-5,8-9,12H2,1-2H3,(H2,21,23,26). The van der Waals surface area contributed by atoms with Crippen molar-refractivity contribution in [2.24, 2.45) is 0 Å². The number of rotatable bonds is 4. The van der Waals surface area contributed by atoms with Crippen molar-refractivity contribution in [2.45, 2.75) is 39.7 Å². The minimum Gasteiger partial charge on any atom is -0.357 e. The highest BCUT2D eigenvalue weighted by Crippen LogP contribution is 2.22. The first-order valence-corrected chi connectivity index (χ1v) is 9.29. The van der Waals surface area contributed by atoms with Gasteiger partial charge in [0.15, 0.2) is 0 Å². The molecule has 1 fully saturated rings. The van der Waals surface area contributed by atoms with E-state index in [0.29, 0.717) is 16.5 Å². The lowest BCUT2D eigenvalue weighted by Crippen LogP contribution is -2.32. The van der Waals surface area contributed by atoms with Gasteiger partial charge in [0.2, 0.25) is 0 Å². The monoisotopic (exact) mass is 373 g/mol. The second kappa shape index (κ2) is 8.36. The quantitative estimate of drug-likeness (QED) is 0.847. The van der Waals surface area contributed by atoms with Crippen molar-refractivity contribution in [3.63, 3.8) is 0 Å². The summed E-state index contributed by atoms with van der Waals surface area (Å²) >= 11 is 6.15. The summed E-state index contributed by atoms with van der Waals surface area (Å²) in [5.74, 6) is 1.55. The molecule has 0 bridgehead atoms. The average Bonchev–Trinajstić information content (AvgIpc) is 2.63. The van der Waals surface area contributed by atoms with Crippen LogP contribution < -0.4 is 15.5 Å². The molecule has 2 aromatic rings. The SMILES string of the molecule is Cc1ccc(NC(=O)NCc2nc(C)cc(N3CCCCC3)n2)c(Cl)c1. The van der Waals surface area contributed by atoms with Gasteiger partial charge in [0.1, 0.15) is 11.6 Å². The topological polar surface area (TPSA) is 70.2 Å². The first-order chi connectivity index (χ1) is 12.5. The molecule has 1 aromatic heterocycles. The van der Waals surface area contributed by atoms with E-state index in [2.05, 4.69) is 25.5 Å². The minimum absolute atomic E-state index is 0.262. The highest BCUT2D eigenvalue weighted by molar-refractivity contribution is 6.33. The lowest BCUT2D eigenvalue weighted by molar-refractivity contribution is 0.251. The Balaban J connectivity index is 1.61. The molecule has 0 radical (unpaired) electrons. The molecule has 0 saturated carbocycles. The first-order valence-electron chi connectivity index (χ1n) is 8.92. The van der Waals surface area contributed by atoms with Gasteiger partial charge >= 0.3 is 6.03 Å². The van der Waals surface area contributed by atoms with Crippen LogP contribution in [0.3, 0.4) is 0 Å². The highest BCUT2D eigenvalue weighted by Gasteiger charge is 2.14. The molecule has 138 valence electrons. The van der Waals surface area contributed by atoms with Crippen LogP contribution in [0.1, 0.15) is 36.3 Å². The van der Waals surface area contributed by atoms with E-state index in [-0.39, 0.29) is 12.6 Å². The molecule has 2 N–H and O–H groups in total. The Morgan fingerprint density at radius 2 is 1.92 bits per heavy atom. The number of amides is 2. The van der Waals surface area contributed by atoms with Crippen molar-refractivity contribution in [1.82, 2.24) is 15.3 Å². The molecule has 0 aliphatic carbocycles. The predicted octanol–water partition coefficient (Wildman–Crippen LogP) is 4.06. The number of aryl methyl sites for hydroxylation is 2. The summed E-state index contributed by atoms with van der Waals surface area (Å²) in [6.45, 7) is 6.21. The van der Waals surface area contributed by atoms with Gasteiger partial charge in [0.05, 0.1) is 17.3 Å². The minimum atomic E-state index is -0.333. The summed E-state index contributed by atoms with van der Waals surface area (Å²) in [6, 6.07) is 7.16.